The van der Waals surface area contributed by atoms with E-state index in [1.165, 1.54) is 0 Å². The molecule has 2 rings (SSSR count). The maximum atomic E-state index is 13.6. The van der Waals surface area contributed by atoms with Crippen molar-refractivity contribution in [3.05, 3.63) is 59.4 Å². The van der Waals surface area contributed by atoms with Gasteiger partial charge in [0.05, 0.1) is 5.56 Å². The van der Waals surface area contributed by atoms with Crippen LogP contribution in [0.2, 0.25) is 0 Å². The zero-order valence-corrected chi connectivity index (χ0v) is 10.5. The van der Waals surface area contributed by atoms with Gasteiger partial charge in [-0.25, -0.2) is 13.2 Å². The molecular weight excluding hydrogens is 251 g/mol. The van der Waals surface area contributed by atoms with Crippen LogP contribution in [0.5, 0.6) is 0 Å². The molecule has 0 radical (unpaired) electrons. The van der Waals surface area contributed by atoms with E-state index in [4.69, 9.17) is 0 Å². The Hall–Kier alpha value is -1.81. The fourth-order valence-corrected chi connectivity index (χ4v) is 1.88. The molecule has 0 saturated carbocycles. The van der Waals surface area contributed by atoms with E-state index in [9.17, 15) is 13.2 Å². The summed E-state index contributed by atoms with van der Waals surface area (Å²) in [6.45, 7) is 3.55. The van der Waals surface area contributed by atoms with Gasteiger partial charge in [0.1, 0.15) is 17.5 Å². The van der Waals surface area contributed by atoms with Crippen LogP contribution in [0.4, 0.5) is 13.2 Å². The van der Waals surface area contributed by atoms with E-state index in [1.54, 1.807) is 24.3 Å². The van der Waals surface area contributed by atoms with E-state index in [-0.39, 0.29) is 5.56 Å². The summed E-state index contributed by atoms with van der Waals surface area (Å²) in [5.74, 6) is -2.70. The van der Waals surface area contributed by atoms with Gasteiger partial charge in [0.25, 0.3) is 0 Å². The fourth-order valence-electron chi connectivity index (χ4n) is 1.88. The molecule has 0 aliphatic rings. The summed E-state index contributed by atoms with van der Waals surface area (Å²) < 4.78 is 40.1. The lowest BCUT2D eigenvalue weighted by molar-refractivity contribution is 0.548. The lowest BCUT2D eigenvalue weighted by Crippen LogP contribution is -2.11. The number of hydrogen-bond donors (Lipinski definition) is 1. The van der Waals surface area contributed by atoms with Crippen molar-refractivity contribution in [2.24, 2.45) is 0 Å². The zero-order valence-electron chi connectivity index (χ0n) is 10.5. The second kappa shape index (κ2) is 5.89. The van der Waals surface area contributed by atoms with Gasteiger partial charge < -0.3 is 5.32 Å². The molecule has 19 heavy (non-hydrogen) atoms. The predicted molar refractivity (Wildman–Crippen MR) is 69.1 cm³/mol. The van der Waals surface area contributed by atoms with Crippen LogP contribution in [0, 0.1) is 17.5 Å². The smallest absolute Gasteiger partial charge is 0.136 e. The zero-order chi connectivity index (χ0) is 13.8. The van der Waals surface area contributed by atoms with Gasteiger partial charge in [0.15, 0.2) is 0 Å². The van der Waals surface area contributed by atoms with E-state index in [2.05, 4.69) is 5.32 Å². The van der Waals surface area contributed by atoms with Crippen molar-refractivity contribution >= 4 is 0 Å². The molecule has 0 spiro atoms. The van der Waals surface area contributed by atoms with Crippen molar-refractivity contribution in [2.45, 2.75) is 13.5 Å². The van der Waals surface area contributed by atoms with Crippen LogP contribution in [-0.4, -0.2) is 6.54 Å². The summed E-state index contributed by atoms with van der Waals surface area (Å²) in [7, 11) is 0. The molecule has 0 amide bonds. The SMILES string of the molecule is CCNCc1ccc(-c2c(F)cc(F)cc2F)cc1. The topological polar surface area (TPSA) is 12.0 Å². The van der Waals surface area contributed by atoms with Crippen molar-refractivity contribution in [1.29, 1.82) is 0 Å². The molecule has 2 aromatic carbocycles. The number of benzene rings is 2. The summed E-state index contributed by atoms with van der Waals surface area (Å²) in [4.78, 5) is 0. The van der Waals surface area contributed by atoms with Crippen LogP contribution in [0.3, 0.4) is 0 Å². The van der Waals surface area contributed by atoms with Crippen LogP contribution >= 0.6 is 0 Å². The molecule has 0 aliphatic heterocycles. The third kappa shape index (κ3) is 3.15. The minimum absolute atomic E-state index is 0.198. The Labute approximate surface area is 110 Å². The average Bonchev–Trinajstić information content (AvgIpc) is 2.36. The maximum absolute atomic E-state index is 13.6. The number of halogens is 3. The van der Waals surface area contributed by atoms with Gasteiger partial charge in [-0.3, -0.25) is 0 Å². The molecule has 0 aromatic heterocycles. The van der Waals surface area contributed by atoms with E-state index in [0.717, 1.165) is 12.1 Å². The van der Waals surface area contributed by atoms with Crippen LogP contribution in [0.15, 0.2) is 36.4 Å². The van der Waals surface area contributed by atoms with Gasteiger partial charge in [0.2, 0.25) is 0 Å². The Kier molecular flexibility index (Phi) is 4.22. The van der Waals surface area contributed by atoms with Gasteiger partial charge in [-0.2, -0.15) is 0 Å². The molecule has 0 heterocycles. The van der Waals surface area contributed by atoms with Crippen molar-refractivity contribution < 1.29 is 13.2 Å². The first-order chi connectivity index (χ1) is 9.11. The summed E-state index contributed by atoms with van der Waals surface area (Å²) in [5, 5.41) is 3.16. The minimum atomic E-state index is -0.914. The lowest BCUT2D eigenvalue weighted by Gasteiger charge is -2.07. The Morgan fingerprint density at radius 2 is 1.53 bits per heavy atom. The first kappa shape index (κ1) is 13.6. The standard InChI is InChI=1S/C15H14F3N/c1-2-19-9-10-3-5-11(6-4-10)15-13(17)7-12(16)8-14(15)18/h3-8,19H,2,9H2,1H3. The van der Waals surface area contributed by atoms with E-state index >= 15 is 0 Å². The molecule has 0 aliphatic carbocycles. The summed E-state index contributed by atoms with van der Waals surface area (Å²) in [6, 6.07) is 8.22. The molecule has 0 fully saturated rings. The second-order valence-electron chi connectivity index (χ2n) is 4.22. The molecular formula is C15H14F3N. The van der Waals surface area contributed by atoms with E-state index in [1.807, 2.05) is 6.92 Å². The highest BCUT2D eigenvalue weighted by Gasteiger charge is 2.13. The molecule has 0 bridgehead atoms. The van der Waals surface area contributed by atoms with E-state index in [0.29, 0.717) is 24.2 Å². The normalized spacial score (nSPS) is 10.7. The third-order valence-corrected chi connectivity index (χ3v) is 2.83. The number of rotatable bonds is 4. The highest BCUT2D eigenvalue weighted by atomic mass is 19.1. The van der Waals surface area contributed by atoms with Gasteiger partial charge in [-0.15, -0.1) is 0 Å². The third-order valence-electron chi connectivity index (χ3n) is 2.83. The van der Waals surface area contributed by atoms with Crippen LogP contribution in [0.1, 0.15) is 12.5 Å². The van der Waals surface area contributed by atoms with Crippen LogP contribution < -0.4 is 5.32 Å². The lowest BCUT2D eigenvalue weighted by atomic mass is 10.0. The highest BCUT2D eigenvalue weighted by Crippen LogP contribution is 2.27. The highest BCUT2D eigenvalue weighted by molar-refractivity contribution is 5.65. The first-order valence-electron chi connectivity index (χ1n) is 6.06. The Bertz CT molecular complexity index is 541. The van der Waals surface area contributed by atoms with Crippen molar-refractivity contribution in [3.63, 3.8) is 0 Å². The van der Waals surface area contributed by atoms with Gasteiger partial charge >= 0.3 is 0 Å². The summed E-state index contributed by atoms with van der Waals surface area (Å²) >= 11 is 0. The Morgan fingerprint density at radius 1 is 0.947 bits per heavy atom. The molecule has 1 N–H and O–H groups in total. The molecule has 2 aromatic rings. The van der Waals surface area contributed by atoms with E-state index < -0.39 is 17.5 Å². The van der Waals surface area contributed by atoms with Gasteiger partial charge in [-0.05, 0) is 17.7 Å². The second-order valence-corrected chi connectivity index (χ2v) is 4.22. The quantitative estimate of drug-likeness (QED) is 0.884. The molecule has 0 saturated heterocycles. The molecule has 100 valence electrons. The fraction of sp³-hybridized carbons (Fsp3) is 0.200. The van der Waals surface area contributed by atoms with Crippen molar-refractivity contribution in [1.82, 2.24) is 5.32 Å². The number of hydrogen-bond acceptors (Lipinski definition) is 1. The van der Waals surface area contributed by atoms with Crippen LogP contribution in [-0.2, 0) is 6.54 Å². The van der Waals surface area contributed by atoms with Gasteiger partial charge in [0, 0.05) is 18.7 Å². The Balaban J connectivity index is 2.32. The van der Waals surface area contributed by atoms with Crippen LogP contribution in [0.25, 0.3) is 11.1 Å². The maximum Gasteiger partial charge on any atom is 0.136 e. The average molecular weight is 265 g/mol. The number of nitrogens with one attached hydrogen (secondary N) is 1. The largest absolute Gasteiger partial charge is 0.313 e. The molecule has 0 atom stereocenters. The molecule has 4 heteroatoms. The molecule has 1 nitrogen and oxygen atoms in total. The summed E-state index contributed by atoms with van der Waals surface area (Å²) in [6.07, 6.45) is 0. The predicted octanol–water partition coefficient (Wildman–Crippen LogP) is 3.88. The van der Waals surface area contributed by atoms with Gasteiger partial charge in [-0.1, -0.05) is 31.2 Å². The monoisotopic (exact) mass is 265 g/mol. The summed E-state index contributed by atoms with van der Waals surface area (Å²) in [5.41, 5.74) is 1.22. The van der Waals surface area contributed by atoms with Crippen molar-refractivity contribution in [3.8, 4) is 11.1 Å². The minimum Gasteiger partial charge on any atom is -0.313 e. The van der Waals surface area contributed by atoms with Crippen molar-refractivity contribution in [2.75, 3.05) is 6.54 Å². The molecule has 0 unspecified atom stereocenters. The Morgan fingerprint density at radius 3 is 2.05 bits per heavy atom. The first-order valence-corrected chi connectivity index (χ1v) is 6.06.